The second-order valence-electron chi connectivity index (χ2n) is 5.51. The fraction of sp³-hybridized carbons (Fsp3) is 0.429. The lowest BCUT2D eigenvalue weighted by molar-refractivity contribution is 0.421. The minimum Gasteiger partial charge on any atom is -0.416 e. The minimum atomic E-state index is 0.0299. The molecule has 0 aliphatic heterocycles. The van der Waals surface area contributed by atoms with Crippen LogP contribution in [0.1, 0.15) is 32.2 Å². The van der Waals surface area contributed by atoms with Crippen molar-refractivity contribution in [3.8, 4) is 0 Å². The molecule has 4 nitrogen and oxygen atoms in total. The van der Waals surface area contributed by atoms with Gasteiger partial charge in [0, 0.05) is 28.9 Å². The Balaban J connectivity index is 2.21. The smallest absolute Gasteiger partial charge is 0.281 e. The summed E-state index contributed by atoms with van der Waals surface area (Å²) in [6.07, 6.45) is 0. The molecule has 1 heterocycles. The van der Waals surface area contributed by atoms with Crippen molar-refractivity contribution in [2.24, 2.45) is 0 Å². The standard InChI is InChI=1S/C14H18ClN3OS/c1-9-17-18-13(19-9)20-12-7-5-6-11(15)10(12)8-16-14(2,3)4/h5-7,16H,8H2,1-4H3. The lowest BCUT2D eigenvalue weighted by Gasteiger charge is -2.22. The number of aromatic nitrogens is 2. The lowest BCUT2D eigenvalue weighted by atomic mass is 10.1. The maximum Gasteiger partial charge on any atom is 0.281 e. The van der Waals surface area contributed by atoms with Gasteiger partial charge >= 0.3 is 0 Å². The van der Waals surface area contributed by atoms with E-state index in [4.69, 9.17) is 16.0 Å². The zero-order valence-electron chi connectivity index (χ0n) is 12.0. The first-order valence-electron chi connectivity index (χ1n) is 6.35. The van der Waals surface area contributed by atoms with Crippen molar-refractivity contribution in [2.45, 2.75) is 49.9 Å². The molecule has 1 N–H and O–H groups in total. The summed E-state index contributed by atoms with van der Waals surface area (Å²) >= 11 is 7.74. The van der Waals surface area contributed by atoms with Crippen molar-refractivity contribution in [3.05, 3.63) is 34.7 Å². The van der Waals surface area contributed by atoms with Crippen molar-refractivity contribution in [1.82, 2.24) is 15.5 Å². The van der Waals surface area contributed by atoms with E-state index in [1.54, 1.807) is 6.92 Å². The second kappa shape index (κ2) is 6.16. The molecule has 0 amide bonds. The molecule has 6 heteroatoms. The van der Waals surface area contributed by atoms with Gasteiger partial charge in [-0.25, -0.2) is 0 Å². The van der Waals surface area contributed by atoms with Crippen LogP contribution < -0.4 is 5.32 Å². The van der Waals surface area contributed by atoms with Gasteiger partial charge in [-0.05, 0) is 50.2 Å². The highest BCUT2D eigenvalue weighted by molar-refractivity contribution is 7.99. The Hall–Kier alpha value is -1.04. The number of benzene rings is 1. The van der Waals surface area contributed by atoms with Crippen LogP contribution in [0, 0.1) is 6.92 Å². The van der Waals surface area contributed by atoms with E-state index in [1.807, 2.05) is 18.2 Å². The van der Waals surface area contributed by atoms with Gasteiger partial charge < -0.3 is 9.73 Å². The molecule has 1 aromatic carbocycles. The molecule has 108 valence electrons. The van der Waals surface area contributed by atoms with E-state index in [9.17, 15) is 0 Å². The predicted octanol–water partition coefficient (Wildman–Crippen LogP) is 4.07. The van der Waals surface area contributed by atoms with Crippen LogP contribution in [-0.2, 0) is 6.54 Å². The van der Waals surface area contributed by atoms with Crippen LogP contribution in [0.2, 0.25) is 5.02 Å². The molecule has 2 aromatic rings. The number of nitrogens with one attached hydrogen (secondary N) is 1. The van der Waals surface area contributed by atoms with Crippen LogP contribution >= 0.6 is 23.4 Å². The van der Waals surface area contributed by atoms with Crippen LogP contribution in [0.25, 0.3) is 0 Å². The number of aryl methyl sites for hydroxylation is 1. The van der Waals surface area contributed by atoms with Gasteiger partial charge in [-0.2, -0.15) is 0 Å². The molecule has 1 aromatic heterocycles. The van der Waals surface area contributed by atoms with Crippen LogP contribution in [0.4, 0.5) is 0 Å². The van der Waals surface area contributed by atoms with Crippen LogP contribution in [0.5, 0.6) is 0 Å². The summed E-state index contributed by atoms with van der Waals surface area (Å²) in [5, 5.41) is 12.6. The van der Waals surface area contributed by atoms with Gasteiger partial charge in [0.15, 0.2) is 0 Å². The van der Waals surface area contributed by atoms with E-state index in [1.165, 1.54) is 11.8 Å². The van der Waals surface area contributed by atoms with Gasteiger partial charge in [-0.1, -0.05) is 17.7 Å². The van der Waals surface area contributed by atoms with E-state index in [0.29, 0.717) is 17.7 Å². The van der Waals surface area contributed by atoms with Gasteiger partial charge in [0.1, 0.15) is 0 Å². The first-order chi connectivity index (χ1) is 9.35. The normalized spacial score (nSPS) is 11.8. The second-order valence-corrected chi connectivity index (χ2v) is 6.91. The highest BCUT2D eigenvalue weighted by Gasteiger charge is 2.15. The van der Waals surface area contributed by atoms with Crippen LogP contribution in [0.15, 0.2) is 32.7 Å². The molecule has 0 radical (unpaired) electrons. The minimum absolute atomic E-state index is 0.0299. The molecule has 0 atom stereocenters. The topological polar surface area (TPSA) is 51.0 Å². The molecule has 0 unspecified atom stereocenters. The quantitative estimate of drug-likeness (QED) is 0.922. The van der Waals surface area contributed by atoms with E-state index < -0.39 is 0 Å². The lowest BCUT2D eigenvalue weighted by Crippen LogP contribution is -2.35. The van der Waals surface area contributed by atoms with Crippen molar-refractivity contribution in [2.75, 3.05) is 0 Å². The number of nitrogens with zero attached hydrogens (tertiary/aromatic N) is 2. The Morgan fingerprint density at radius 2 is 2.05 bits per heavy atom. The first kappa shape index (κ1) is 15.4. The van der Waals surface area contributed by atoms with E-state index in [-0.39, 0.29) is 5.54 Å². The third kappa shape index (κ3) is 4.23. The summed E-state index contributed by atoms with van der Waals surface area (Å²) in [6.45, 7) is 8.84. The van der Waals surface area contributed by atoms with Gasteiger partial charge in [-0.3, -0.25) is 0 Å². The average Bonchev–Trinajstić information content (AvgIpc) is 2.73. The number of hydrogen-bond acceptors (Lipinski definition) is 5. The maximum absolute atomic E-state index is 6.31. The molecule has 0 aliphatic rings. The molecular weight excluding hydrogens is 294 g/mol. The number of hydrogen-bond donors (Lipinski definition) is 1. The summed E-state index contributed by atoms with van der Waals surface area (Å²) in [4.78, 5) is 1.03. The van der Waals surface area contributed by atoms with E-state index in [0.717, 1.165) is 15.5 Å². The first-order valence-corrected chi connectivity index (χ1v) is 7.55. The third-order valence-corrected chi connectivity index (χ3v) is 3.87. The monoisotopic (exact) mass is 311 g/mol. The molecule has 0 saturated heterocycles. The summed E-state index contributed by atoms with van der Waals surface area (Å²) in [6, 6.07) is 5.83. The zero-order valence-corrected chi connectivity index (χ0v) is 13.6. The average molecular weight is 312 g/mol. The molecule has 0 spiro atoms. The Labute approximate surface area is 128 Å². The molecule has 0 fully saturated rings. The molecule has 0 aliphatic carbocycles. The van der Waals surface area contributed by atoms with Crippen molar-refractivity contribution < 1.29 is 4.42 Å². The summed E-state index contributed by atoms with van der Waals surface area (Å²) < 4.78 is 5.40. The molecule has 0 bridgehead atoms. The van der Waals surface area contributed by atoms with Crippen LogP contribution in [0.3, 0.4) is 0 Å². The van der Waals surface area contributed by atoms with Gasteiger partial charge in [0.2, 0.25) is 5.89 Å². The Morgan fingerprint density at radius 3 is 2.65 bits per heavy atom. The fourth-order valence-corrected chi connectivity index (χ4v) is 2.75. The number of rotatable bonds is 4. The third-order valence-electron chi connectivity index (χ3n) is 2.58. The van der Waals surface area contributed by atoms with Crippen molar-refractivity contribution >= 4 is 23.4 Å². The number of halogens is 1. The highest BCUT2D eigenvalue weighted by atomic mass is 35.5. The summed E-state index contributed by atoms with van der Waals surface area (Å²) in [5.74, 6) is 0.559. The molecule has 20 heavy (non-hydrogen) atoms. The molecular formula is C14H18ClN3OS. The summed E-state index contributed by atoms with van der Waals surface area (Å²) in [7, 11) is 0. The predicted molar refractivity (Wildman–Crippen MR) is 81.2 cm³/mol. The van der Waals surface area contributed by atoms with E-state index >= 15 is 0 Å². The van der Waals surface area contributed by atoms with Crippen molar-refractivity contribution in [1.29, 1.82) is 0 Å². The summed E-state index contributed by atoms with van der Waals surface area (Å²) in [5.41, 5.74) is 1.08. The van der Waals surface area contributed by atoms with Crippen molar-refractivity contribution in [3.63, 3.8) is 0 Å². The fourth-order valence-electron chi connectivity index (χ4n) is 1.57. The maximum atomic E-state index is 6.31. The van der Waals surface area contributed by atoms with Gasteiger partial charge in [-0.15, -0.1) is 10.2 Å². The Kier molecular flexibility index (Phi) is 4.73. The Morgan fingerprint density at radius 1 is 1.30 bits per heavy atom. The highest BCUT2D eigenvalue weighted by Crippen LogP contribution is 2.33. The van der Waals surface area contributed by atoms with E-state index in [2.05, 4.69) is 36.3 Å². The van der Waals surface area contributed by atoms with Gasteiger partial charge in [0.05, 0.1) is 0 Å². The van der Waals surface area contributed by atoms with Gasteiger partial charge in [0.25, 0.3) is 5.22 Å². The largest absolute Gasteiger partial charge is 0.416 e. The SMILES string of the molecule is Cc1nnc(Sc2cccc(Cl)c2CNC(C)(C)C)o1. The van der Waals surface area contributed by atoms with Crippen LogP contribution in [-0.4, -0.2) is 15.7 Å². The molecule has 0 saturated carbocycles. The Bertz CT molecular complexity index is 592. The molecule has 2 rings (SSSR count). The zero-order chi connectivity index (χ0) is 14.8.